The Morgan fingerprint density at radius 3 is 2.93 bits per heavy atom. The van der Waals surface area contributed by atoms with E-state index < -0.39 is 5.54 Å². The van der Waals surface area contributed by atoms with Crippen molar-refractivity contribution in [2.75, 3.05) is 0 Å². The Hall–Kier alpha value is -1.76. The highest BCUT2D eigenvalue weighted by Crippen LogP contribution is 2.17. The molecular formula is C10H13N3O. The normalized spacial score (nSPS) is 10.6. The molecule has 74 valence electrons. The molecule has 1 heterocycles. The lowest BCUT2D eigenvalue weighted by Crippen LogP contribution is -2.41. The smallest absolute Gasteiger partial charge is 0.234 e. The molecule has 1 rings (SSSR count). The standard InChI is InChI=1S/C10H13N3O/c1-10(2,8-4-3-7-12-8)13-9(14)5-6-11/h3-4,7,12H,5H2,1-2H3,(H,13,14). The quantitative estimate of drug-likeness (QED) is 0.755. The average Bonchev–Trinajstić information content (AvgIpc) is 2.54. The molecule has 0 bridgehead atoms. The van der Waals surface area contributed by atoms with E-state index in [0.29, 0.717) is 0 Å². The Morgan fingerprint density at radius 1 is 1.71 bits per heavy atom. The van der Waals surface area contributed by atoms with Crippen molar-refractivity contribution >= 4 is 5.91 Å². The third-order valence-electron chi connectivity index (χ3n) is 1.96. The molecule has 0 aromatic carbocycles. The number of aromatic nitrogens is 1. The Balaban J connectivity index is 2.68. The maximum Gasteiger partial charge on any atom is 0.234 e. The number of carbonyl (C=O) groups excluding carboxylic acids is 1. The minimum Gasteiger partial charge on any atom is -0.363 e. The van der Waals surface area contributed by atoms with Crippen molar-refractivity contribution in [3.8, 4) is 6.07 Å². The number of aromatic amines is 1. The molecule has 0 saturated carbocycles. The molecule has 4 nitrogen and oxygen atoms in total. The lowest BCUT2D eigenvalue weighted by molar-refractivity contribution is -0.121. The summed E-state index contributed by atoms with van der Waals surface area (Å²) in [5, 5.41) is 11.1. The van der Waals surface area contributed by atoms with Gasteiger partial charge in [0.25, 0.3) is 0 Å². The van der Waals surface area contributed by atoms with Crippen LogP contribution < -0.4 is 5.32 Å². The van der Waals surface area contributed by atoms with E-state index in [2.05, 4.69) is 10.3 Å². The lowest BCUT2D eigenvalue weighted by atomic mass is 10.0. The van der Waals surface area contributed by atoms with Gasteiger partial charge in [-0.2, -0.15) is 5.26 Å². The van der Waals surface area contributed by atoms with Crippen LogP contribution in [0.5, 0.6) is 0 Å². The largest absolute Gasteiger partial charge is 0.363 e. The van der Waals surface area contributed by atoms with Crippen molar-refractivity contribution in [3.63, 3.8) is 0 Å². The van der Waals surface area contributed by atoms with Gasteiger partial charge >= 0.3 is 0 Å². The molecule has 0 aliphatic carbocycles. The van der Waals surface area contributed by atoms with Gasteiger partial charge in [0.2, 0.25) is 5.91 Å². The second-order valence-corrected chi connectivity index (χ2v) is 3.59. The number of amides is 1. The van der Waals surface area contributed by atoms with E-state index in [9.17, 15) is 4.79 Å². The van der Waals surface area contributed by atoms with Crippen molar-refractivity contribution in [2.24, 2.45) is 0 Å². The van der Waals surface area contributed by atoms with Gasteiger partial charge in [-0.25, -0.2) is 0 Å². The Kier molecular flexibility index (Phi) is 2.92. The summed E-state index contributed by atoms with van der Waals surface area (Å²) in [5.74, 6) is -0.257. The second-order valence-electron chi connectivity index (χ2n) is 3.59. The van der Waals surface area contributed by atoms with E-state index in [-0.39, 0.29) is 12.3 Å². The number of H-pyrrole nitrogens is 1. The minimum absolute atomic E-state index is 0.107. The molecule has 0 saturated heterocycles. The first-order valence-electron chi connectivity index (χ1n) is 4.38. The predicted molar refractivity (Wildman–Crippen MR) is 52.2 cm³/mol. The van der Waals surface area contributed by atoms with Gasteiger partial charge in [0.05, 0.1) is 11.6 Å². The highest BCUT2D eigenvalue weighted by molar-refractivity contribution is 5.78. The minimum atomic E-state index is -0.461. The van der Waals surface area contributed by atoms with Crippen molar-refractivity contribution in [3.05, 3.63) is 24.0 Å². The van der Waals surface area contributed by atoms with Crippen LogP contribution in [0.4, 0.5) is 0 Å². The van der Waals surface area contributed by atoms with Gasteiger partial charge in [-0.15, -0.1) is 0 Å². The van der Waals surface area contributed by atoms with Gasteiger partial charge in [0.1, 0.15) is 6.42 Å². The van der Waals surface area contributed by atoms with Crippen LogP contribution in [0.1, 0.15) is 26.0 Å². The second kappa shape index (κ2) is 3.97. The molecule has 14 heavy (non-hydrogen) atoms. The van der Waals surface area contributed by atoms with Gasteiger partial charge in [0.15, 0.2) is 0 Å². The first kappa shape index (κ1) is 10.3. The molecule has 0 atom stereocenters. The predicted octanol–water partition coefficient (Wildman–Crippen LogP) is 1.28. The Bertz CT molecular complexity index is 346. The maximum absolute atomic E-state index is 11.2. The monoisotopic (exact) mass is 191 g/mol. The van der Waals surface area contributed by atoms with Gasteiger partial charge in [-0.3, -0.25) is 4.79 Å². The molecular weight excluding hydrogens is 178 g/mol. The summed E-state index contributed by atoms with van der Waals surface area (Å²) in [4.78, 5) is 14.2. The molecule has 0 radical (unpaired) electrons. The highest BCUT2D eigenvalue weighted by atomic mass is 16.1. The van der Waals surface area contributed by atoms with Gasteiger partial charge in [0, 0.05) is 11.9 Å². The molecule has 1 aromatic rings. The topological polar surface area (TPSA) is 68.7 Å². The SMILES string of the molecule is CC(C)(NC(=O)CC#N)c1ccc[nH]1. The summed E-state index contributed by atoms with van der Waals surface area (Å²) < 4.78 is 0. The van der Waals surface area contributed by atoms with Crippen LogP contribution in [-0.2, 0) is 10.3 Å². The van der Waals surface area contributed by atoms with E-state index in [1.54, 1.807) is 6.20 Å². The molecule has 0 aliphatic heterocycles. The van der Waals surface area contributed by atoms with Crippen molar-refractivity contribution in [1.82, 2.24) is 10.3 Å². The Morgan fingerprint density at radius 2 is 2.43 bits per heavy atom. The number of rotatable bonds is 3. The van der Waals surface area contributed by atoms with Crippen LogP contribution in [-0.4, -0.2) is 10.9 Å². The fourth-order valence-corrected chi connectivity index (χ4v) is 1.25. The fraction of sp³-hybridized carbons (Fsp3) is 0.400. The average molecular weight is 191 g/mol. The van der Waals surface area contributed by atoms with E-state index in [4.69, 9.17) is 5.26 Å². The summed E-state index contributed by atoms with van der Waals surface area (Å²) in [6.45, 7) is 3.77. The molecule has 1 amide bonds. The van der Waals surface area contributed by atoms with Gasteiger partial charge in [-0.1, -0.05) is 0 Å². The number of nitriles is 1. The van der Waals surface area contributed by atoms with E-state index in [0.717, 1.165) is 5.69 Å². The number of hydrogen-bond donors (Lipinski definition) is 2. The zero-order valence-corrected chi connectivity index (χ0v) is 8.29. The number of hydrogen-bond acceptors (Lipinski definition) is 2. The van der Waals surface area contributed by atoms with E-state index >= 15 is 0 Å². The highest BCUT2D eigenvalue weighted by Gasteiger charge is 2.23. The molecule has 0 unspecified atom stereocenters. The molecule has 1 aromatic heterocycles. The maximum atomic E-state index is 11.2. The van der Waals surface area contributed by atoms with Gasteiger partial charge in [-0.05, 0) is 26.0 Å². The zero-order valence-electron chi connectivity index (χ0n) is 8.29. The van der Waals surface area contributed by atoms with Crippen LogP contribution in [0.25, 0.3) is 0 Å². The van der Waals surface area contributed by atoms with Crippen molar-refractivity contribution < 1.29 is 4.79 Å². The molecule has 4 heteroatoms. The van der Waals surface area contributed by atoms with Crippen molar-refractivity contribution in [2.45, 2.75) is 25.8 Å². The first-order chi connectivity index (χ1) is 6.56. The van der Waals surface area contributed by atoms with Crippen LogP contribution in [0.15, 0.2) is 18.3 Å². The summed E-state index contributed by atoms with van der Waals surface area (Å²) in [6.07, 6.45) is 1.69. The van der Waals surface area contributed by atoms with E-state index in [1.165, 1.54) is 0 Å². The third-order valence-corrected chi connectivity index (χ3v) is 1.96. The summed E-state index contributed by atoms with van der Waals surface area (Å²) >= 11 is 0. The first-order valence-corrected chi connectivity index (χ1v) is 4.38. The Labute approximate surface area is 82.9 Å². The lowest BCUT2D eigenvalue weighted by Gasteiger charge is -2.24. The fourth-order valence-electron chi connectivity index (χ4n) is 1.25. The number of nitrogens with zero attached hydrogens (tertiary/aromatic N) is 1. The third kappa shape index (κ3) is 2.36. The van der Waals surface area contributed by atoms with Crippen LogP contribution >= 0.6 is 0 Å². The van der Waals surface area contributed by atoms with Crippen LogP contribution in [0.2, 0.25) is 0 Å². The molecule has 0 fully saturated rings. The molecule has 0 aliphatic rings. The summed E-state index contributed by atoms with van der Waals surface area (Å²) in [5.41, 5.74) is 0.459. The zero-order chi connectivity index (χ0) is 10.6. The molecule has 2 N–H and O–H groups in total. The van der Waals surface area contributed by atoms with Crippen molar-refractivity contribution in [1.29, 1.82) is 5.26 Å². The summed E-state index contributed by atoms with van der Waals surface area (Å²) in [7, 11) is 0. The van der Waals surface area contributed by atoms with Gasteiger partial charge < -0.3 is 10.3 Å². The molecule has 0 spiro atoms. The summed E-state index contributed by atoms with van der Waals surface area (Å²) in [6, 6.07) is 5.58. The number of carbonyl (C=O) groups is 1. The van der Waals surface area contributed by atoms with Crippen LogP contribution in [0, 0.1) is 11.3 Å². The number of nitrogens with one attached hydrogen (secondary N) is 2. The van der Waals surface area contributed by atoms with Crippen LogP contribution in [0.3, 0.4) is 0 Å². The van der Waals surface area contributed by atoms with E-state index in [1.807, 2.05) is 32.0 Å².